The molecule has 120 valence electrons. The topological polar surface area (TPSA) is 69.6 Å². The van der Waals surface area contributed by atoms with Crippen molar-refractivity contribution in [2.24, 2.45) is 11.3 Å². The lowest BCUT2D eigenvalue weighted by Crippen LogP contribution is -2.55. The lowest BCUT2D eigenvalue weighted by atomic mass is 9.75. The second-order valence-corrected chi connectivity index (χ2v) is 7.57. The first-order valence-electron chi connectivity index (χ1n) is 7.81. The molecule has 2 rings (SSSR count). The summed E-state index contributed by atoms with van der Waals surface area (Å²) in [4.78, 5) is 26.4. The molecule has 2 unspecified atom stereocenters. The fraction of sp³-hybridized carbons (Fsp3) is 0.867. The first-order valence-corrected chi connectivity index (χ1v) is 8.85. The molecule has 0 aliphatic carbocycles. The molecule has 0 bridgehead atoms. The molecule has 2 heterocycles. The Balaban J connectivity index is 2.29. The van der Waals surface area contributed by atoms with E-state index in [0.717, 1.165) is 32.4 Å². The molecule has 0 spiro atoms. The van der Waals surface area contributed by atoms with Crippen molar-refractivity contribution in [2.75, 3.05) is 18.8 Å². The van der Waals surface area contributed by atoms with Gasteiger partial charge in [-0.2, -0.15) is 0 Å². The van der Waals surface area contributed by atoms with E-state index in [1.807, 2.05) is 6.92 Å². The highest BCUT2D eigenvalue weighted by molar-refractivity contribution is 8.00. The van der Waals surface area contributed by atoms with Crippen LogP contribution in [0.5, 0.6) is 0 Å². The summed E-state index contributed by atoms with van der Waals surface area (Å²) in [5, 5.41) is 12.7. The zero-order chi connectivity index (χ0) is 15.6. The van der Waals surface area contributed by atoms with Crippen LogP contribution in [0.4, 0.5) is 0 Å². The third-order valence-electron chi connectivity index (χ3n) is 4.82. The van der Waals surface area contributed by atoms with Crippen molar-refractivity contribution in [1.29, 1.82) is 0 Å². The summed E-state index contributed by atoms with van der Waals surface area (Å²) < 4.78 is 0. The van der Waals surface area contributed by atoms with Gasteiger partial charge in [-0.3, -0.25) is 4.79 Å². The molecule has 0 aromatic rings. The molecule has 0 aromatic carbocycles. The van der Waals surface area contributed by atoms with Crippen LogP contribution in [0.25, 0.3) is 0 Å². The Morgan fingerprint density at radius 1 is 1.38 bits per heavy atom. The van der Waals surface area contributed by atoms with Gasteiger partial charge >= 0.3 is 5.97 Å². The average Bonchev–Trinajstić information content (AvgIpc) is 2.92. The smallest absolute Gasteiger partial charge is 0.327 e. The maximum Gasteiger partial charge on any atom is 0.327 e. The van der Waals surface area contributed by atoms with Crippen LogP contribution in [-0.4, -0.2) is 52.1 Å². The number of carboxylic acid groups (broad SMARTS) is 1. The highest BCUT2D eigenvalue weighted by atomic mass is 32.2. The molecule has 2 fully saturated rings. The summed E-state index contributed by atoms with van der Waals surface area (Å²) in [5.41, 5.74) is -0.378. The number of nitrogens with zero attached hydrogens (tertiary/aromatic N) is 1. The number of aliphatic carboxylic acids is 1. The number of rotatable bonds is 4. The minimum absolute atomic E-state index is 0.0167. The van der Waals surface area contributed by atoms with Crippen molar-refractivity contribution in [3.8, 4) is 0 Å². The van der Waals surface area contributed by atoms with Gasteiger partial charge in [0, 0.05) is 5.75 Å². The number of hydrogen-bond donors (Lipinski definition) is 2. The van der Waals surface area contributed by atoms with Crippen LogP contribution in [0.3, 0.4) is 0 Å². The summed E-state index contributed by atoms with van der Waals surface area (Å²) in [7, 11) is 0. The molecule has 1 amide bonds. The molecule has 2 atom stereocenters. The Labute approximate surface area is 130 Å². The van der Waals surface area contributed by atoms with Crippen molar-refractivity contribution < 1.29 is 14.7 Å². The van der Waals surface area contributed by atoms with Crippen LogP contribution >= 0.6 is 11.8 Å². The second-order valence-electron chi connectivity index (χ2n) is 6.42. The lowest BCUT2D eigenvalue weighted by Gasteiger charge is -2.41. The summed E-state index contributed by atoms with van der Waals surface area (Å²) in [6, 6.07) is -0.673. The molecule has 0 aromatic heterocycles. The molecular weight excluding hydrogens is 288 g/mol. The van der Waals surface area contributed by atoms with Gasteiger partial charge in [0.1, 0.15) is 6.04 Å². The van der Waals surface area contributed by atoms with Gasteiger partial charge in [-0.25, -0.2) is 4.79 Å². The Kier molecular flexibility index (Phi) is 5.20. The Morgan fingerprint density at radius 2 is 2.00 bits per heavy atom. The van der Waals surface area contributed by atoms with Crippen LogP contribution in [0.2, 0.25) is 0 Å². The number of amides is 1. The zero-order valence-corrected chi connectivity index (χ0v) is 13.9. The van der Waals surface area contributed by atoms with E-state index >= 15 is 0 Å². The Morgan fingerprint density at radius 3 is 2.48 bits per heavy atom. The largest absolute Gasteiger partial charge is 0.480 e. The quantitative estimate of drug-likeness (QED) is 0.828. The van der Waals surface area contributed by atoms with Crippen LogP contribution in [0.15, 0.2) is 0 Å². The highest BCUT2D eigenvalue weighted by Crippen LogP contribution is 2.41. The van der Waals surface area contributed by atoms with Gasteiger partial charge in [0.2, 0.25) is 5.91 Å². The van der Waals surface area contributed by atoms with E-state index in [9.17, 15) is 14.7 Å². The molecule has 21 heavy (non-hydrogen) atoms. The van der Waals surface area contributed by atoms with Crippen molar-refractivity contribution in [2.45, 2.75) is 51.4 Å². The van der Waals surface area contributed by atoms with Gasteiger partial charge in [-0.05, 0) is 38.3 Å². The van der Waals surface area contributed by atoms with E-state index in [4.69, 9.17) is 0 Å². The zero-order valence-electron chi connectivity index (χ0n) is 13.1. The second kappa shape index (κ2) is 6.57. The maximum absolute atomic E-state index is 13.2. The number of carbonyl (C=O) groups is 2. The SMILES string of the molecule is CCC1(C(=O)N2C(C(=O)O)CSC2C(C)C)CCNCC1. The van der Waals surface area contributed by atoms with Gasteiger partial charge in [0.05, 0.1) is 10.8 Å². The highest BCUT2D eigenvalue weighted by Gasteiger charge is 2.49. The summed E-state index contributed by atoms with van der Waals surface area (Å²) >= 11 is 1.61. The minimum atomic E-state index is -0.876. The first-order chi connectivity index (χ1) is 9.93. The molecule has 2 aliphatic rings. The Bertz CT molecular complexity index is 408. The van der Waals surface area contributed by atoms with E-state index in [1.54, 1.807) is 16.7 Å². The molecule has 0 saturated carbocycles. The van der Waals surface area contributed by atoms with Crippen LogP contribution in [0, 0.1) is 11.3 Å². The number of thioether (sulfide) groups is 1. The van der Waals surface area contributed by atoms with E-state index in [1.165, 1.54) is 0 Å². The van der Waals surface area contributed by atoms with Crippen molar-refractivity contribution >= 4 is 23.6 Å². The molecule has 2 saturated heterocycles. The van der Waals surface area contributed by atoms with Crippen LogP contribution in [-0.2, 0) is 9.59 Å². The Hall–Kier alpha value is -0.750. The van der Waals surface area contributed by atoms with Gasteiger partial charge in [0.15, 0.2) is 0 Å². The average molecular weight is 314 g/mol. The van der Waals surface area contributed by atoms with E-state index < -0.39 is 12.0 Å². The monoisotopic (exact) mass is 314 g/mol. The standard InChI is InChI=1S/C15H26N2O3S/c1-4-15(5-7-16-8-6-15)14(20)17-11(13(18)19)9-21-12(17)10(2)3/h10-12,16H,4-9H2,1-3H3,(H,18,19). The number of hydrogen-bond acceptors (Lipinski definition) is 4. The normalized spacial score (nSPS) is 28.9. The fourth-order valence-electron chi connectivity index (χ4n) is 3.39. The number of nitrogens with one attached hydrogen (secondary N) is 1. The summed E-state index contributed by atoms with van der Waals surface area (Å²) in [5.74, 6) is -0.0530. The lowest BCUT2D eigenvalue weighted by molar-refractivity contribution is -0.156. The summed E-state index contributed by atoms with van der Waals surface area (Å²) in [6.07, 6.45) is 2.40. The first kappa shape index (κ1) is 16.6. The number of carboxylic acids is 1. The van der Waals surface area contributed by atoms with Gasteiger partial charge < -0.3 is 15.3 Å². The van der Waals surface area contributed by atoms with Crippen LogP contribution in [0.1, 0.15) is 40.0 Å². The van der Waals surface area contributed by atoms with Crippen molar-refractivity contribution in [1.82, 2.24) is 10.2 Å². The van der Waals surface area contributed by atoms with E-state index in [0.29, 0.717) is 5.75 Å². The predicted molar refractivity (Wildman–Crippen MR) is 84.2 cm³/mol. The third-order valence-corrected chi connectivity index (χ3v) is 6.44. The van der Waals surface area contributed by atoms with Gasteiger partial charge in [-0.15, -0.1) is 11.8 Å². The molecular formula is C15H26N2O3S. The molecule has 0 radical (unpaired) electrons. The minimum Gasteiger partial charge on any atom is -0.480 e. The summed E-state index contributed by atoms with van der Waals surface area (Å²) in [6.45, 7) is 7.84. The maximum atomic E-state index is 13.2. The van der Waals surface area contributed by atoms with E-state index in [-0.39, 0.29) is 22.6 Å². The fourth-order valence-corrected chi connectivity index (χ4v) is 4.86. The molecule has 2 N–H and O–H groups in total. The van der Waals surface area contributed by atoms with Gasteiger partial charge in [-0.1, -0.05) is 20.8 Å². The van der Waals surface area contributed by atoms with Crippen molar-refractivity contribution in [3.05, 3.63) is 0 Å². The third kappa shape index (κ3) is 3.06. The predicted octanol–water partition coefficient (Wildman–Crippen LogP) is 1.78. The molecule has 5 nitrogen and oxygen atoms in total. The molecule has 2 aliphatic heterocycles. The van der Waals surface area contributed by atoms with Gasteiger partial charge in [0.25, 0.3) is 0 Å². The molecule has 6 heteroatoms. The van der Waals surface area contributed by atoms with Crippen LogP contribution < -0.4 is 5.32 Å². The number of piperidine rings is 1. The number of carbonyl (C=O) groups excluding carboxylic acids is 1. The van der Waals surface area contributed by atoms with E-state index in [2.05, 4.69) is 19.2 Å². The van der Waals surface area contributed by atoms with Crippen molar-refractivity contribution in [3.63, 3.8) is 0 Å².